The molecule has 0 aliphatic rings. The summed E-state index contributed by atoms with van der Waals surface area (Å²) in [5.41, 5.74) is 3.45. The van der Waals surface area contributed by atoms with Crippen LogP contribution in [0.2, 0.25) is 0 Å². The smallest absolute Gasteiger partial charge is 0.0724 e. The van der Waals surface area contributed by atoms with Crippen molar-refractivity contribution in [2.45, 2.75) is 0 Å². The molecule has 0 radical (unpaired) electrons. The Morgan fingerprint density at radius 1 is 0.800 bits per heavy atom. The Hall–Kier alpha value is -2.13. The Kier molecular flexibility index (Phi) is 2.60. The van der Waals surface area contributed by atoms with Crippen molar-refractivity contribution in [1.82, 2.24) is 9.55 Å². The van der Waals surface area contributed by atoms with E-state index in [4.69, 9.17) is 0 Å². The standard InChI is InChI=1S/C17H11BrN2/c18-14-6-2-4-8-16(14)20-15-7-3-1-5-12(15)13-9-10-19-11-17(13)20/h1-11H. The predicted octanol–water partition coefficient (Wildman–Crippen LogP) is 4.94. The van der Waals surface area contributed by atoms with Crippen molar-refractivity contribution in [2.75, 3.05) is 0 Å². The van der Waals surface area contributed by atoms with Crippen LogP contribution in [0, 0.1) is 0 Å². The Bertz CT molecular complexity index is 871. The maximum Gasteiger partial charge on any atom is 0.0724 e. The van der Waals surface area contributed by atoms with E-state index < -0.39 is 0 Å². The lowest BCUT2D eigenvalue weighted by molar-refractivity contribution is 1.15. The van der Waals surface area contributed by atoms with Gasteiger partial charge in [-0.1, -0.05) is 30.3 Å². The lowest BCUT2D eigenvalue weighted by Gasteiger charge is -2.09. The third kappa shape index (κ3) is 1.60. The van der Waals surface area contributed by atoms with Gasteiger partial charge < -0.3 is 4.57 Å². The molecule has 0 saturated carbocycles. The van der Waals surface area contributed by atoms with Crippen molar-refractivity contribution in [2.24, 2.45) is 0 Å². The van der Waals surface area contributed by atoms with Crippen LogP contribution in [0.1, 0.15) is 0 Å². The van der Waals surface area contributed by atoms with Crippen molar-refractivity contribution in [1.29, 1.82) is 0 Å². The van der Waals surface area contributed by atoms with E-state index in [2.05, 4.69) is 74.0 Å². The molecule has 2 aromatic heterocycles. The molecule has 0 aliphatic heterocycles. The molecule has 2 nitrogen and oxygen atoms in total. The van der Waals surface area contributed by atoms with E-state index in [0.717, 1.165) is 15.7 Å². The van der Waals surface area contributed by atoms with Gasteiger partial charge in [0.2, 0.25) is 0 Å². The Morgan fingerprint density at radius 2 is 1.55 bits per heavy atom. The third-order valence-corrected chi connectivity index (χ3v) is 4.24. The Labute approximate surface area is 124 Å². The van der Waals surface area contributed by atoms with Crippen LogP contribution in [-0.2, 0) is 0 Å². The Morgan fingerprint density at radius 3 is 2.45 bits per heavy atom. The largest absolute Gasteiger partial charge is 0.307 e. The van der Waals surface area contributed by atoms with E-state index in [1.165, 1.54) is 16.3 Å². The van der Waals surface area contributed by atoms with Gasteiger partial charge in [-0.2, -0.15) is 0 Å². The van der Waals surface area contributed by atoms with Gasteiger partial charge in [0.05, 0.1) is 22.9 Å². The van der Waals surface area contributed by atoms with Gasteiger partial charge in [0, 0.05) is 21.4 Å². The van der Waals surface area contributed by atoms with Gasteiger partial charge in [-0.05, 0) is 40.2 Å². The summed E-state index contributed by atoms with van der Waals surface area (Å²) < 4.78 is 3.33. The number of hydrogen-bond acceptors (Lipinski definition) is 1. The number of rotatable bonds is 1. The number of aromatic nitrogens is 2. The molecule has 2 aromatic carbocycles. The first kappa shape index (κ1) is 11.7. The lowest BCUT2D eigenvalue weighted by atomic mass is 10.2. The minimum atomic E-state index is 1.08. The molecule has 0 fully saturated rings. The van der Waals surface area contributed by atoms with Gasteiger partial charge in [-0.3, -0.25) is 4.98 Å². The highest BCUT2D eigenvalue weighted by atomic mass is 79.9. The van der Waals surface area contributed by atoms with Crippen LogP contribution in [0.15, 0.2) is 71.5 Å². The van der Waals surface area contributed by atoms with Gasteiger partial charge in [0.25, 0.3) is 0 Å². The molecule has 0 saturated heterocycles. The molecule has 96 valence electrons. The fourth-order valence-electron chi connectivity index (χ4n) is 2.71. The summed E-state index contributed by atoms with van der Waals surface area (Å²) in [6, 6.07) is 18.8. The zero-order chi connectivity index (χ0) is 13.5. The molecule has 3 heteroatoms. The molecule has 0 N–H and O–H groups in total. The first-order chi connectivity index (χ1) is 9.86. The topological polar surface area (TPSA) is 17.8 Å². The number of fused-ring (bicyclic) bond motifs is 3. The summed E-state index contributed by atoms with van der Waals surface area (Å²) in [7, 11) is 0. The summed E-state index contributed by atoms with van der Waals surface area (Å²) in [6.07, 6.45) is 3.77. The van der Waals surface area contributed by atoms with Crippen LogP contribution < -0.4 is 0 Å². The number of benzene rings is 2. The monoisotopic (exact) mass is 322 g/mol. The van der Waals surface area contributed by atoms with E-state index in [-0.39, 0.29) is 0 Å². The highest BCUT2D eigenvalue weighted by Crippen LogP contribution is 2.33. The Balaban J connectivity index is 2.24. The van der Waals surface area contributed by atoms with Gasteiger partial charge in [0.1, 0.15) is 0 Å². The second-order valence-electron chi connectivity index (χ2n) is 4.70. The number of nitrogens with zero attached hydrogens (tertiary/aromatic N) is 2. The second-order valence-corrected chi connectivity index (χ2v) is 5.55. The number of halogens is 1. The van der Waals surface area contributed by atoms with Crippen LogP contribution in [0.5, 0.6) is 0 Å². The molecule has 0 amide bonds. The number of hydrogen-bond donors (Lipinski definition) is 0. The van der Waals surface area contributed by atoms with Gasteiger partial charge in [0.15, 0.2) is 0 Å². The molecular formula is C17H11BrN2. The summed E-state index contributed by atoms with van der Waals surface area (Å²) >= 11 is 3.65. The summed E-state index contributed by atoms with van der Waals surface area (Å²) in [5.74, 6) is 0. The molecular weight excluding hydrogens is 312 g/mol. The molecule has 0 aliphatic carbocycles. The lowest BCUT2D eigenvalue weighted by Crippen LogP contribution is -1.94. The molecule has 0 unspecified atom stereocenters. The quantitative estimate of drug-likeness (QED) is 0.485. The molecule has 20 heavy (non-hydrogen) atoms. The average Bonchev–Trinajstić information content (AvgIpc) is 2.83. The fraction of sp³-hybridized carbons (Fsp3) is 0. The van der Waals surface area contributed by atoms with E-state index in [1.807, 2.05) is 18.5 Å². The van der Waals surface area contributed by atoms with Crippen LogP contribution >= 0.6 is 15.9 Å². The minimum Gasteiger partial charge on any atom is -0.307 e. The summed E-state index contributed by atoms with van der Waals surface area (Å²) in [5, 5.41) is 2.48. The molecule has 0 spiro atoms. The summed E-state index contributed by atoms with van der Waals surface area (Å²) in [4.78, 5) is 4.29. The molecule has 4 aromatic rings. The first-order valence-corrected chi connectivity index (χ1v) is 7.23. The maximum absolute atomic E-state index is 4.29. The molecule has 0 atom stereocenters. The summed E-state index contributed by atoms with van der Waals surface area (Å²) in [6.45, 7) is 0. The predicted molar refractivity (Wildman–Crippen MR) is 86.3 cm³/mol. The van der Waals surface area contributed by atoms with Crippen LogP contribution in [0.4, 0.5) is 0 Å². The van der Waals surface area contributed by atoms with Crippen molar-refractivity contribution >= 4 is 37.7 Å². The fourth-order valence-corrected chi connectivity index (χ4v) is 3.17. The van der Waals surface area contributed by atoms with E-state index in [0.29, 0.717) is 0 Å². The van der Waals surface area contributed by atoms with Crippen molar-refractivity contribution in [3.05, 3.63) is 71.5 Å². The second kappa shape index (κ2) is 4.46. The van der Waals surface area contributed by atoms with Crippen LogP contribution in [-0.4, -0.2) is 9.55 Å². The van der Waals surface area contributed by atoms with Gasteiger partial charge in [-0.15, -0.1) is 0 Å². The molecule has 2 heterocycles. The maximum atomic E-state index is 4.29. The van der Waals surface area contributed by atoms with Crippen LogP contribution in [0.25, 0.3) is 27.5 Å². The normalized spacial score (nSPS) is 11.2. The van der Waals surface area contributed by atoms with Gasteiger partial charge >= 0.3 is 0 Å². The van der Waals surface area contributed by atoms with Gasteiger partial charge in [-0.25, -0.2) is 0 Å². The molecule has 0 bridgehead atoms. The number of pyridine rings is 1. The zero-order valence-corrected chi connectivity index (χ0v) is 12.2. The third-order valence-electron chi connectivity index (χ3n) is 3.57. The highest BCUT2D eigenvalue weighted by Gasteiger charge is 2.12. The highest BCUT2D eigenvalue weighted by molar-refractivity contribution is 9.10. The number of para-hydroxylation sites is 2. The van der Waals surface area contributed by atoms with E-state index >= 15 is 0 Å². The van der Waals surface area contributed by atoms with Crippen LogP contribution in [0.3, 0.4) is 0 Å². The van der Waals surface area contributed by atoms with E-state index in [9.17, 15) is 0 Å². The van der Waals surface area contributed by atoms with Crippen molar-refractivity contribution in [3.63, 3.8) is 0 Å². The van der Waals surface area contributed by atoms with Crippen molar-refractivity contribution in [3.8, 4) is 5.69 Å². The average molecular weight is 323 g/mol. The minimum absolute atomic E-state index is 1.08. The zero-order valence-electron chi connectivity index (χ0n) is 10.6. The SMILES string of the molecule is Brc1ccccc1-n1c2ccccc2c2ccncc21. The first-order valence-electron chi connectivity index (χ1n) is 6.44. The molecule has 4 rings (SSSR count). The van der Waals surface area contributed by atoms with Crippen molar-refractivity contribution < 1.29 is 0 Å². The van der Waals surface area contributed by atoms with E-state index in [1.54, 1.807) is 0 Å².